The van der Waals surface area contributed by atoms with Crippen LogP contribution in [0.15, 0.2) is 42.7 Å². The van der Waals surface area contributed by atoms with Crippen molar-refractivity contribution in [2.24, 2.45) is 5.92 Å². The Balaban J connectivity index is 1.24. The molecule has 3 heterocycles. The summed E-state index contributed by atoms with van der Waals surface area (Å²) < 4.78 is 69.7. The van der Waals surface area contributed by atoms with E-state index in [1.165, 1.54) is 38.7 Å². The maximum atomic E-state index is 13.8. The third kappa shape index (κ3) is 6.03. The number of halogens is 4. The average molecular weight is 645 g/mol. The van der Waals surface area contributed by atoms with Crippen molar-refractivity contribution in [1.82, 2.24) is 14.9 Å². The summed E-state index contributed by atoms with van der Waals surface area (Å²) in [5.74, 6) is -2.07. The molecule has 1 aromatic carbocycles. The third-order valence-electron chi connectivity index (χ3n) is 8.93. The van der Waals surface area contributed by atoms with Crippen molar-refractivity contribution in [3.05, 3.63) is 65.2 Å². The standard InChI is InChI=1S/C31H32F4N6O5/c1-44-24-5-6-36-27(39-22-15-30(13-17(22)14-30)41-7-9-46-10-8-41)26(24)29(43)40-23-16-37-25(45-2)12-19(23)28(42)38-18-3-4-21(32)20(11-18)31(33,34)35/h3-6,11-12,16-17,22H,7-10,13-15H2,1-2H3,(H,36,39)(H,38,42)(H,40,43). The lowest BCUT2D eigenvalue weighted by molar-refractivity contribution is -0.139. The molecule has 244 valence electrons. The highest BCUT2D eigenvalue weighted by Crippen LogP contribution is 2.56. The lowest BCUT2D eigenvalue weighted by Crippen LogP contribution is -2.56. The fraction of sp³-hybridized carbons (Fsp3) is 0.419. The maximum Gasteiger partial charge on any atom is 0.419 e. The van der Waals surface area contributed by atoms with E-state index in [9.17, 15) is 27.2 Å². The smallest absolute Gasteiger partial charge is 0.419 e. The number of fused-ring (bicyclic) bond motifs is 1. The fourth-order valence-corrected chi connectivity index (χ4v) is 6.69. The molecule has 7 rings (SSSR count). The van der Waals surface area contributed by atoms with E-state index >= 15 is 0 Å². The van der Waals surface area contributed by atoms with Crippen LogP contribution in [0.3, 0.4) is 0 Å². The number of rotatable bonds is 9. The number of amides is 2. The predicted octanol–water partition coefficient (Wildman–Crippen LogP) is 4.82. The van der Waals surface area contributed by atoms with Gasteiger partial charge >= 0.3 is 6.18 Å². The molecular weight excluding hydrogens is 612 g/mol. The minimum absolute atomic E-state index is 0.00830. The number of methoxy groups -OCH3 is 2. The van der Waals surface area contributed by atoms with Crippen molar-refractivity contribution >= 4 is 29.0 Å². The van der Waals surface area contributed by atoms with E-state index in [2.05, 4.69) is 30.8 Å². The van der Waals surface area contributed by atoms with E-state index in [-0.39, 0.29) is 45.7 Å². The zero-order chi connectivity index (χ0) is 32.6. The Labute approximate surface area is 261 Å². The monoisotopic (exact) mass is 644 g/mol. The van der Waals surface area contributed by atoms with Crippen LogP contribution in [0.5, 0.6) is 11.6 Å². The molecule has 3 N–H and O–H groups in total. The van der Waals surface area contributed by atoms with Gasteiger partial charge in [-0.05, 0) is 49.4 Å². The van der Waals surface area contributed by atoms with Crippen LogP contribution in [0.2, 0.25) is 0 Å². The van der Waals surface area contributed by atoms with E-state index < -0.39 is 29.4 Å². The van der Waals surface area contributed by atoms with E-state index in [0.29, 0.717) is 37.1 Å². The van der Waals surface area contributed by atoms with E-state index in [0.717, 1.165) is 38.4 Å². The van der Waals surface area contributed by atoms with Crippen molar-refractivity contribution in [3.63, 3.8) is 0 Å². The van der Waals surface area contributed by atoms with Crippen molar-refractivity contribution in [1.29, 1.82) is 0 Å². The van der Waals surface area contributed by atoms with Gasteiger partial charge in [0.05, 0.1) is 50.4 Å². The zero-order valence-corrected chi connectivity index (χ0v) is 25.0. The van der Waals surface area contributed by atoms with E-state index in [1.807, 2.05) is 0 Å². The summed E-state index contributed by atoms with van der Waals surface area (Å²) >= 11 is 0. The Hall–Kier alpha value is -4.50. The summed E-state index contributed by atoms with van der Waals surface area (Å²) in [6, 6.07) is 4.92. The first-order valence-corrected chi connectivity index (χ1v) is 14.7. The number of carbonyl (C=O) groups excluding carboxylic acids is 2. The number of alkyl halides is 3. The average Bonchev–Trinajstić information content (AvgIpc) is 3.57. The van der Waals surface area contributed by atoms with Gasteiger partial charge in [0, 0.05) is 42.6 Å². The molecule has 0 radical (unpaired) electrons. The normalized spacial score (nSPS) is 22.5. The van der Waals surface area contributed by atoms with Crippen molar-refractivity contribution in [3.8, 4) is 11.6 Å². The summed E-state index contributed by atoms with van der Waals surface area (Å²) in [6.45, 7) is 3.21. The number of aromatic nitrogens is 2. The first-order chi connectivity index (χ1) is 22.0. The van der Waals surface area contributed by atoms with Gasteiger partial charge in [0.25, 0.3) is 11.8 Å². The van der Waals surface area contributed by atoms with Gasteiger partial charge in [-0.15, -0.1) is 0 Å². The lowest BCUT2D eigenvalue weighted by atomic mass is 9.75. The molecule has 3 aromatic rings. The zero-order valence-electron chi connectivity index (χ0n) is 25.0. The SMILES string of the molecule is COc1cc(C(=O)Nc2ccc(F)c(C(F)(F)F)c2)c(NC(=O)c2c(OC)ccnc2NC2CC3(N4CCOCC4)CC2C3)cn1. The molecule has 11 nitrogen and oxygen atoms in total. The summed E-state index contributed by atoms with van der Waals surface area (Å²) in [5, 5.41) is 8.46. The molecule has 15 heteroatoms. The van der Waals surface area contributed by atoms with Gasteiger partial charge in [-0.1, -0.05) is 0 Å². The number of hydrogen-bond donors (Lipinski definition) is 3. The molecule has 1 saturated heterocycles. The molecule has 4 aliphatic rings. The van der Waals surface area contributed by atoms with Gasteiger partial charge < -0.3 is 30.2 Å². The largest absolute Gasteiger partial charge is 0.496 e. The van der Waals surface area contributed by atoms with Gasteiger partial charge in [0.2, 0.25) is 5.88 Å². The van der Waals surface area contributed by atoms with Crippen LogP contribution < -0.4 is 25.4 Å². The minimum Gasteiger partial charge on any atom is -0.496 e. The molecular formula is C31H32F4N6O5. The molecule has 0 spiro atoms. The minimum atomic E-state index is -4.97. The molecule has 2 aromatic heterocycles. The number of nitrogens with one attached hydrogen (secondary N) is 3. The Bertz CT molecular complexity index is 1640. The molecule has 1 aliphatic heterocycles. The molecule has 1 atom stereocenters. The first-order valence-electron chi connectivity index (χ1n) is 14.7. The molecule has 3 aliphatic carbocycles. The van der Waals surface area contributed by atoms with Gasteiger partial charge in [0.15, 0.2) is 0 Å². The van der Waals surface area contributed by atoms with Crippen LogP contribution >= 0.6 is 0 Å². The fourth-order valence-electron chi connectivity index (χ4n) is 6.69. The van der Waals surface area contributed by atoms with Gasteiger partial charge in [0.1, 0.15) is 22.9 Å². The molecule has 2 bridgehead atoms. The summed E-state index contributed by atoms with van der Waals surface area (Å²) in [6.07, 6.45) is 0.728. The number of carbonyl (C=O) groups is 2. The molecule has 4 fully saturated rings. The predicted molar refractivity (Wildman–Crippen MR) is 159 cm³/mol. The highest BCUT2D eigenvalue weighted by Gasteiger charge is 2.59. The van der Waals surface area contributed by atoms with Gasteiger partial charge in [-0.3, -0.25) is 14.5 Å². The van der Waals surface area contributed by atoms with Gasteiger partial charge in [-0.2, -0.15) is 13.2 Å². The Morgan fingerprint density at radius 2 is 1.76 bits per heavy atom. The van der Waals surface area contributed by atoms with Crippen molar-refractivity contribution in [2.75, 3.05) is 56.5 Å². The second-order valence-corrected chi connectivity index (χ2v) is 11.6. The van der Waals surface area contributed by atoms with Crippen LogP contribution in [0.25, 0.3) is 0 Å². The summed E-state index contributed by atoms with van der Waals surface area (Å²) in [7, 11) is 2.73. The first kappa shape index (κ1) is 31.5. The second-order valence-electron chi connectivity index (χ2n) is 11.6. The highest BCUT2D eigenvalue weighted by molar-refractivity contribution is 6.14. The van der Waals surface area contributed by atoms with Gasteiger partial charge in [-0.25, -0.2) is 14.4 Å². The van der Waals surface area contributed by atoms with Crippen LogP contribution in [-0.4, -0.2) is 78.8 Å². The van der Waals surface area contributed by atoms with Crippen molar-refractivity contribution in [2.45, 2.75) is 37.0 Å². The highest BCUT2D eigenvalue weighted by atomic mass is 19.4. The van der Waals surface area contributed by atoms with E-state index in [4.69, 9.17) is 14.2 Å². The summed E-state index contributed by atoms with van der Waals surface area (Å²) in [5.41, 5.74) is -1.87. The molecule has 3 saturated carbocycles. The number of morpholine rings is 1. The van der Waals surface area contributed by atoms with Crippen LogP contribution in [0, 0.1) is 11.7 Å². The Morgan fingerprint density at radius 1 is 1.00 bits per heavy atom. The van der Waals surface area contributed by atoms with Crippen LogP contribution in [0.4, 0.5) is 34.8 Å². The lowest BCUT2D eigenvalue weighted by Gasteiger charge is -2.49. The second kappa shape index (κ2) is 12.4. The molecule has 2 amide bonds. The van der Waals surface area contributed by atoms with Crippen LogP contribution in [-0.2, 0) is 10.9 Å². The quantitative estimate of drug-likeness (QED) is 0.281. The number of ether oxygens (including phenoxy) is 3. The number of nitrogens with zero attached hydrogens (tertiary/aromatic N) is 3. The Morgan fingerprint density at radius 3 is 2.46 bits per heavy atom. The third-order valence-corrected chi connectivity index (χ3v) is 8.93. The number of hydrogen-bond acceptors (Lipinski definition) is 9. The van der Waals surface area contributed by atoms with E-state index in [1.54, 1.807) is 0 Å². The number of anilines is 3. The van der Waals surface area contributed by atoms with Crippen LogP contribution in [0.1, 0.15) is 45.5 Å². The topological polar surface area (TPSA) is 127 Å². The molecule has 46 heavy (non-hydrogen) atoms. The number of pyridine rings is 2. The maximum absolute atomic E-state index is 13.8. The summed E-state index contributed by atoms with van der Waals surface area (Å²) in [4.78, 5) is 38.2. The van der Waals surface area contributed by atoms with Crippen molar-refractivity contribution < 1.29 is 41.4 Å². The number of benzene rings is 1. The molecule has 1 unspecified atom stereocenters. The Kier molecular flexibility index (Phi) is 8.46.